The molecular formula is C3H7NO2PdS. The molecule has 0 spiro atoms. The van der Waals surface area contributed by atoms with Gasteiger partial charge >= 0.3 is 5.97 Å². The molecule has 0 aliphatic carbocycles. The Balaban J connectivity index is 0. The summed E-state index contributed by atoms with van der Waals surface area (Å²) in [7, 11) is 0. The van der Waals surface area contributed by atoms with E-state index in [2.05, 4.69) is 12.6 Å². The topological polar surface area (TPSA) is 63.3 Å². The van der Waals surface area contributed by atoms with Crippen LogP contribution >= 0.6 is 12.6 Å². The van der Waals surface area contributed by atoms with Crippen LogP contribution in [0.25, 0.3) is 0 Å². The maximum atomic E-state index is 9.76. The van der Waals surface area contributed by atoms with Crippen molar-refractivity contribution < 1.29 is 30.3 Å². The predicted octanol–water partition coefficient (Wildman–Crippen LogP) is -0.674. The van der Waals surface area contributed by atoms with Crippen molar-refractivity contribution in [2.75, 3.05) is 5.75 Å². The molecule has 8 heavy (non-hydrogen) atoms. The number of carboxylic acids is 1. The van der Waals surface area contributed by atoms with E-state index in [1.807, 2.05) is 0 Å². The summed E-state index contributed by atoms with van der Waals surface area (Å²) in [5.74, 6) is -0.815. The summed E-state index contributed by atoms with van der Waals surface area (Å²) in [6, 6.07) is -0.816. The van der Waals surface area contributed by atoms with Crippen LogP contribution in [0.1, 0.15) is 0 Å². The fourth-order valence-corrected chi connectivity index (χ4v) is 0.234. The second-order valence-electron chi connectivity index (χ2n) is 1.13. The minimum atomic E-state index is -1.00. The van der Waals surface area contributed by atoms with Crippen LogP contribution in [0.2, 0.25) is 0 Å². The zero-order valence-electron chi connectivity index (χ0n) is 3.98. The third kappa shape index (κ3) is 4.60. The van der Waals surface area contributed by atoms with Crippen molar-refractivity contribution in [3.05, 3.63) is 0 Å². The van der Waals surface area contributed by atoms with Gasteiger partial charge in [0.25, 0.3) is 0 Å². The molecule has 0 heterocycles. The second-order valence-corrected chi connectivity index (χ2v) is 1.49. The van der Waals surface area contributed by atoms with Gasteiger partial charge in [0.1, 0.15) is 6.04 Å². The van der Waals surface area contributed by atoms with Crippen molar-refractivity contribution in [1.82, 2.24) is 0 Å². The summed E-state index contributed by atoms with van der Waals surface area (Å²) >= 11 is 3.65. The number of carboxylic acid groups (broad SMARTS) is 1. The molecule has 0 aromatic carbocycles. The van der Waals surface area contributed by atoms with E-state index >= 15 is 0 Å². The van der Waals surface area contributed by atoms with Crippen LogP contribution < -0.4 is 5.73 Å². The Morgan fingerprint density at radius 3 is 2.25 bits per heavy atom. The van der Waals surface area contributed by atoms with E-state index in [-0.39, 0.29) is 26.2 Å². The van der Waals surface area contributed by atoms with Crippen LogP contribution in [-0.2, 0) is 25.2 Å². The first-order chi connectivity index (χ1) is 3.18. The molecule has 5 heteroatoms. The molecule has 0 aromatic heterocycles. The van der Waals surface area contributed by atoms with E-state index < -0.39 is 12.0 Å². The van der Waals surface area contributed by atoms with Crippen molar-refractivity contribution in [1.29, 1.82) is 0 Å². The molecule has 0 bridgehead atoms. The Morgan fingerprint density at radius 2 is 2.25 bits per heavy atom. The molecular weight excluding hydrogens is 221 g/mol. The summed E-state index contributed by atoms with van der Waals surface area (Å²) in [4.78, 5) is 9.76. The maximum absolute atomic E-state index is 9.76. The van der Waals surface area contributed by atoms with Crippen molar-refractivity contribution >= 4 is 18.6 Å². The molecule has 3 nitrogen and oxygen atoms in total. The molecule has 0 unspecified atom stereocenters. The van der Waals surface area contributed by atoms with Gasteiger partial charge in [-0.1, -0.05) is 0 Å². The zero-order valence-corrected chi connectivity index (χ0v) is 6.43. The smallest absolute Gasteiger partial charge is 0.321 e. The van der Waals surface area contributed by atoms with E-state index in [0.29, 0.717) is 0 Å². The van der Waals surface area contributed by atoms with Crippen LogP contribution in [-0.4, -0.2) is 22.9 Å². The normalized spacial score (nSPS) is 11.8. The molecule has 0 aromatic rings. The number of thiol groups is 1. The summed E-state index contributed by atoms with van der Waals surface area (Å²) in [5, 5.41) is 8.01. The van der Waals surface area contributed by atoms with Crippen molar-refractivity contribution in [2.24, 2.45) is 5.73 Å². The van der Waals surface area contributed by atoms with Crippen LogP contribution in [0.15, 0.2) is 0 Å². The quantitative estimate of drug-likeness (QED) is 0.433. The van der Waals surface area contributed by atoms with Crippen molar-refractivity contribution in [3.63, 3.8) is 0 Å². The van der Waals surface area contributed by atoms with Gasteiger partial charge in [0.15, 0.2) is 0 Å². The van der Waals surface area contributed by atoms with E-state index in [9.17, 15) is 4.79 Å². The second kappa shape index (κ2) is 5.58. The van der Waals surface area contributed by atoms with Gasteiger partial charge in [0.2, 0.25) is 0 Å². The van der Waals surface area contributed by atoms with Gasteiger partial charge in [0.05, 0.1) is 0 Å². The molecule has 0 amide bonds. The zero-order chi connectivity index (χ0) is 5.86. The van der Waals surface area contributed by atoms with Gasteiger partial charge in [-0.3, -0.25) is 4.79 Å². The van der Waals surface area contributed by atoms with E-state index in [0.717, 1.165) is 0 Å². The van der Waals surface area contributed by atoms with Crippen LogP contribution in [0.4, 0.5) is 0 Å². The van der Waals surface area contributed by atoms with Gasteiger partial charge in [-0.15, -0.1) is 0 Å². The van der Waals surface area contributed by atoms with Crippen LogP contribution in [0.5, 0.6) is 0 Å². The fourth-order valence-electron chi connectivity index (χ4n) is 0.0781. The standard InChI is InChI=1S/C3H7NO2S.Pd/c4-2(1-7)3(5)6;/h2,7H,1,4H2,(H,5,6);/t2-;/m0./s1. The SMILES string of the molecule is N[C@@H](CS)C(=O)O.[Pd]. The first-order valence-electron chi connectivity index (χ1n) is 1.77. The van der Waals surface area contributed by atoms with Crippen LogP contribution in [0, 0.1) is 0 Å². The van der Waals surface area contributed by atoms with E-state index in [4.69, 9.17) is 10.8 Å². The minimum Gasteiger partial charge on any atom is -0.480 e. The summed E-state index contributed by atoms with van der Waals surface area (Å²) in [6.45, 7) is 0. The number of hydrogen-bond acceptors (Lipinski definition) is 3. The molecule has 1 atom stereocenters. The Labute approximate surface area is 66.7 Å². The first-order valence-corrected chi connectivity index (χ1v) is 2.41. The molecule has 3 N–H and O–H groups in total. The Kier molecular flexibility index (Phi) is 7.85. The summed E-state index contributed by atoms with van der Waals surface area (Å²) < 4.78 is 0. The number of nitrogens with two attached hydrogens (primary N) is 1. The molecule has 52 valence electrons. The summed E-state index contributed by atoms with van der Waals surface area (Å²) in [6.07, 6.45) is 0. The maximum Gasteiger partial charge on any atom is 0.321 e. The van der Waals surface area contributed by atoms with Crippen molar-refractivity contribution in [3.8, 4) is 0 Å². The molecule has 0 aliphatic heterocycles. The van der Waals surface area contributed by atoms with Crippen LogP contribution in [0.3, 0.4) is 0 Å². The molecule has 0 rings (SSSR count). The third-order valence-corrected chi connectivity index (χ3v) is 0.907. The number of carbonyl (C=O) groups is 1. The molecule has 0 aliphatic rings. The number of aliphatic carboxylic acids is 1. The molecule has 0 saturated carbocycles. The monoisotopic (exact) mass is 227 g/mol. The van der Waals surface area contributed by atoms with Gasteiger partial charge in [-0.25, -0.2) is 0 Å². The first kappa shape index (κ1) is 11.3. The van der Waals surface area contributed by atoms with Gasteiger partial charge in [-0.05, 0) is 0 Å². The molecule has 0 saturated heterocycles. The van der Waals surface area contributed by atoms with Crippen molar-refractivity contribution in [2.45, 2.75) is 6.04 Å². The largest absolute Gasteiger partial charge is 0.480 e. The number of rotatable bonds is 2. The fraction of sp³-hybridized carbons (Fsp3) is 0.667. The Hall–Kier alpha value is 0.442. The number of hydrogen-bond donors (Lipinski definition) is 3. The third-order valence-electron chi connectivity index (χ3n) is 0.514. The molecule has 0 fully saturated rings. The van der Waals surface area contributed by atoms with Gasteiger partial charge < -0.3 is 10.8 Å². The average Bonchev–Trinajstić information content (AvgIpc) is 1.65. The predicted molar refractivity (Wildman–Crippen MR) is 29.5 cm³/mol. The summed E-state index contributed by atoms with van der Waals surface area (Å²) in [5.41, 5.74) is 4.94. The van der Waals surface area contributed by atoms with Gasteiger partial charge in [0, 0.05) is 26.2 Å². The van der Waals surface area contributed by atoms with E-state index in [1.54, 1.807) is 0 Å². The van der Waals surface area contributed by atoms with Gasteiger partial charge in [-0.2, -0.15) is 12.6 Å². The molecule has 0 radical (unpaired) electrons. The Morgan fingerprint density at radius 1 is 1.88 bits per heavy atom. The Bertz CT molecular complexity index is 79.7. The van der Waals surface area contributed by atoms with E-state index in [1.165, 1.54) is 0 Å². The average molecular weight is 228 g/mol. The minimum absolute atomic E-state index is 0.